The van der Waals surface area contributed by atoms with Crippen LogP contribution < -0.4 is 5.73 Å². The second kappa shape index (κ2) is 5.17. The number of esters is 1. The Morgan fingerprint density at radius 2 is 1.83 bits per heavy atom. The maximum absolute atomic E-state index is 12.0. The SMILES string of the molecule is COC(=O)C(N)(CN1[C@H](C)CCC[C@@H]1C)C1CC1. The number of ether oxygens (including phenoxy) is 1. The first kappa shape index (κ1) is 13.8. The summed E-state index contributed by atoms with van der Waals surface area (Å²) >= 11 is 0. The molecule has 0 radical (unpaired) electrons. The van der Waals surface area contributed by atoms with Gasteiger partial charge in [0.15, 0.2) is 0 Å². The van der Waals surface area contributed by atoms with Crippen LogP contribution in [0, 0.1) is 5.92 Å². The lowest BCUT2D eigenvalue weighted by molar-refractivity contribution is -0.149. The monoisotopic (exact) mass is 254 g/mol. The van der Waals surface area contributed by atoms with Gasteiger partial charge < -0.3 is 10.5 Å². The Hall–Kier alpha value is -0.610. The van der Waals surface area contributed by atoms with Gasteiger partial charge in [0.1, 0.15) is 5.54 Å². The van der Waals surface area contributed by atoms with E-state index in [1.54, 1.807) is 0 Å². The first-order valence-corrected chi connectivity index (χ1v) is 7.12. The molecule has 2 fully saturated rings. The topological polar surface area (TPSA) is 55.6 Å². The molecule has 0 bridgehead atoms. The van der Waals surface area contributed by atoms with Gasteiger partial charge in [-0.3, -0.25) is 9.69 Å². The van der Waals surface area contributed by atoms with Crippen molar-refractivity contribution in [1.29, 1.82) is 0 Å². The number of hydrogen-bond donors (Lipinski definition) is 1. The Labute approximate surface area is 110 Å². The molecule has 0 aromatic rings. The number of hydrogen-bond acceptors (Lipinski definition) is 4. The van der Waals surface area contributed by atoms with Crippen molar-refractivity contribution in [2.45, 2.75) is 63.6 Å². The summed E-state index contributed by atoms with van der Waals surface area (Å²) in [5.74, 6) is 0.0706. The van der Waals surface area contributed by atoms with Crippen molar-refractivity contribution in [3.05, 3.63) is 0 Å². The molecule has 104 valence electrons. The summed E-state index contributed by atoms with van der Waals surface area (Å²) in [5.41, 5.74) is 5.60. The van der Waals surface area contributed by atoms with Crippen LogP contribution in [-0.4, -0.2) is 42.1 Å². The minimum absolute atomic E-state index is 0.241. The number of nitrogens with zero attached hydrogens (tertiary/aromatic N) is 1. The van der Waals surface area contributed by atoms with E-state index in [1.807, 2.05) is 0 Å². The second-order valence-electron chi connectivity index (χ2n) is 6.11. The standard InChI is InChI=1S/C14H26N2O2/c1-10-5-4-6-11(2)16(10)9-14(15,12-7-8-12)13(17)18-3/h10-12H,4-9,15H2,1-3H3/t10-,11+,14?. The van der Waals surface area contributed by atoms with Gasteiger partial charge in [-0.2, -0.15) is 0 Å². The predicted molar refractivity (Wildman–Crippen MR) is 71.1 cm³/mol. The second-order valence-corrected chi connectivity index (χ2v) is 6.11. The smallest absolute Gasteiger partial charge is 0.327 e. The van der Waals surface area contributed by atoms with Crippen LogP contribution in [0.4, 0.5) is 0 Å². The van der Waals surface area contributed by atoms with E-state index in [9.17, 15) is 4.79 Å². The van der Waals surface area contributed by atoms with Crippen LogP contribution in [0.5, 0.6) is 0 Å². The highest BCUT2D eigenvalue weighted by molar-refractivity contribution is 5.81. The Morgan fingerprint density at radius 3 is 2.28 bits per heavy atom. The average Bonchev–Trinajstić information content (AvgIpc) is 3.17. The Bertz CT molecular complexity index is 307. The molecule has 0 spiro atoms. The number of carbonyl (C=O) groups is 1. The zero-order valence-corrected chi connectivity index (χ0v) is 11.8. The van der Waals surface area contributed by atoms with Gasteiger partial charge in [0.25, 0.3) is 0 Å². The molecule has 2 rings (SSSR count). The molecular weight excluding hydrogens is 228 g/mol. The molecule has 2 aliphatic rings. The largest absolute Gasteiger partial charge is 0.468 e. The summed E-state index contributed by atoms with van der Waals surface area (Å²) < 4.78 is 4.94. The minimum atomic E-state index is -0.797. The third-order valence-electron chi connectivity index (χ3n) is 4.69. The minimum Gasteiger partial charge on any atom is -0.468 e. The molecule has 1 saturated carbocycles. The van der Waals surface area contributed by atoms with E-state index in [0.29, 0.717) is 24.5 Å². The average molecular weight is 254 g/mol. The number of rotatable bonds is 4. The van der Waals surface area contributed by atoms with Crippen LogP contribution in [-0.2, 0) is 9.53 Å². The zero-order valence-electron chi connectivity index (χ0n) is 11.8. The van der Waals surface area contributed by atoms with E-state index in [-0.39, 0.29) is 5.97 Å². The highest BCUT2D eigenvalue weighted by Gasteiger charge is 2.50. The maximum atomic E-state index is 12.0. The van der Waals surface area contributed by atoms with Crippen molar-refractivity contribution in [2.24, 2.45) is 11.7 Å². The maximum Gasteiger partial charge on any atom is 0.327 e. The van der Waals surface area contributed by atoms with E-state index in [0.717, 1.165) is 12.8 Å². The lowest BCUT2D eigenvalue weighted by Crippen LogP contribution is -2.61. The number of carbonyl (C=O) groups excluding carboxylic acids is 1. The molecule has 2 N–H and O–H groups in total. The number of likely N-dealkylation sites (tertiary alicyclic amines) is 1. The summed E-state index contributed by atoms with van der Waals surface area (Å²) in [7, 11) is 1.44. The molecule has 4 nitrogen and oxygen atoms in total. The van der Waals surface area contributed by atoms with Gasteiger partial charge in [-0.1, -0.05) is 6.42 Å². The van der Waals surface area contributed by atoms with Gasteiger partial charge >= 0.3 is 5.97 Å². The molecule has 18 heavy (non-hydrogen) atoms. The predicted octanol–water partition coefficient (Wildman–Crippen LogP) is 1.53. The summed E-state index contributed by atoms with van der Waals surface area (Å²) in [5, 5.41) is 0. The Kier molecular flexibility index (Phi) is 3.97. The lowest BCUT2D eigenvalue weighted by atomic mass is 9.89. The fraction of sp³-hybridized carbons (Fsp3) is 0.929. The summed E-state index contributed by atoms with van der Waals surface area (Å²) in [6.07, 6.45) is 5.79. The quantitative estimate of drug-likeness (QED) is 0.773. The van der Waals surface area contributed by atoms with Crippen molar-refractivity contribution in [3.63, 3.8) is 0 Å². The number of methoxy groups -OCH3 is 1. The van der Waals surface area contributed by atoms with Crippen molar-refractivity contribution >= 4 is 5.97 Å². The number of nitrogens with two attached hydrogens (primary N) is 1. The van der Waals surface area contributed by atoms with Crippen molar-refractivity contribution in [1.82, 2.24) is 4.90 Å². The summed E-state index contributed by atoms with van der Waals surface area (Å²) in [4.78, 5) is 14.4. The van der Waals surface area contributed by atoms with E-state index >= 15 is 0 Å². The van der Waals surface area contributed by atoms with Crippen LogP contribution in [0.25, 0.3) is 0 Å². The van der Waals surface area contributed by atoms with Gasteiger partial charge in [0.05, 0.1) is 7.11 Å². The fourth-order valence-electron chi connectivity index (χ4n) is 3.24. The van der Waals surface area contributed by atoms with Gasteiger partial charge in [0, 0.05) is 18.6 Å². The molecule has 1 heterocycles. The molecule has 1 saturated heterocycles. The van der Waals surface area contributed by atoms with Crippen LogP contribution in [0.3, 0.4) is 0 Å². The summed E-state index contributed by atoms with van der Waals surface area (Å²) in [6, 6.07) is 1.03. The molecule has 0 aromatic heterocycles. The van der Waals surface area contributed by atoms with Crippen LogP contribution in [0.15, 0.2) is 0 Å². The Morgan fingerprint density at radius 1 is 1.28 bits per heavy atom. The van der Waals surface area contributed by atoms with Gasteiger partial charge in [-0.05, 0) is 45.4 Å². The molecule has 1 aliphatic heterocycles. The third-order valence-corrected chi connectivity index (χ3v) is 4.69. The molecule has 0 amide bonds. The number of piperidine rings is 1. The molecule has 4 heteroatoms. The van der Waals surface area contributed by atoms with Gasteiger partial charge in [-0.25, -0.2) is 0 Å². The van der Waals surface area contributed by atoms with E-state index < -0.39 is 5.54 Å². The molecule has 0 aromatic carbocycles. The van der Waals surface area contributed by atoms with Crippen molar-refractivity contribution in [2.75, 3.05) is 13.7 Å². The highest BCUT2D eigenvalue weighted by Crippen LogP contribution is 2.40. The summed E-state index contributed by atoms with van der Waals surface area (Å²) in [6.45, 7) is 5.12. The van der Waals surface area contributed by atoms with E-state index in [1.165, 1.54) is 26.4 Å². The van der Waals surface area contributed by atoms with Crippen LogP contribution in [0.1, 0.15) is 46.0 Å². The zero-order chi connectivity index (χ0) is 13.3. The van der Waals surface area contributed by atoms with Crippen LogP contribution >= 0.6 is 0 Å². The van der Waals surface area contributed by atoms with E-state index in [2.05, 4.69) is 18.7 Å². The normalized spacial score (nSPS) is 32.9. The molecular formula is C14H26N2O2. The molecule has 3 atom stereocenters. The van der Waals surface area contributed by atoms with Gasteiger partial charge in [0.2, 0.25) is 0 Å². The lowest BCUT2D eigenvalue weighted by Gasteiger charge is -2.43. The Balaban J connectivity index is 2.10. The third kappa shape index (κ3) is 2.54. The van der Waals surface area contributed by atoms with Crippen LogP contribution in [0.2, 0.25) is 0 Å². The van der Waals surface area contributed by atoms with Crippen molar-refractivity contribution in [3.8, 4) is 0 Å². The molecule has 1 aliphatic carbocycles. The van der Waals surface area contributed by atoms with Gasteiger partial charge in [-0.15, -0.1) is 0 Å². The van der Waals surface area contributed by atoms with E-state index in [4.69, 9.17) is 10.5 Å². The molecule has 1 unspecified atom stereocenters. The first-order valence-electron chi connectivity index (χ1n) is 7.12. The fourth-order valence-corrected chi connectivity index (χ4v) is 3.24. The van der Waals surface area contributed by atoms with Crippen molar-refractivity contribution < 1.29 is 9.53 Å². The highest BCUT2D eigenvalue weighted by atomic mass is 16.5. The first-order chi connectivity index (χ1) is 8.49.